The van der Waals surface area contributed by atoms with E-state index >= 15 is 0 Å². The number of carbonyl (C=O) groups is 3. The van der Waals surface area contributed by atoms with Crippen molar-refractivity contribution in [2.24, 2.45) is 29.6 Å². The predicted octanol–water partition coefficient (Wildman–Crippen LogP) is 5.44. The number of para-hydroxylation sites is 1. The SMILES string of the molecule is Cc1cccc(NC(=O)COc2cccc([C@H]3c4sc(=O)[nH]c4SC4C5CC(C6C(=O)N(c7ccccc7)C(=O)C56)C43)c2)c1. The number of thioether (sulfide) groups is 1. The minimum atomic E-state index is -0.362. The summed E-state index contributed by atoms with van der Waals surface area (Å²) in [5, 5.41) is 3.83. The molecule has 3 fully saturated rings. The first-order valence-corrected chi connectivity index (χ1v) is 16.5. The van der Waals surface area contributed by atoms with Crippen molar-refractivity contribution in [1.82, 2.24) is 4.98 Å². The summed E-state index contributed by atoms with van der Waals surface area (Å²) in [6.45, 7) is 1.82. The molecule has 10 heteroatoms. The summed E-state index contributed by atoms with van der Waals surface area (Å²) in [5.74, 6) is -0.579. The molecule has 3 amide bonds. The molecule has 8 rings (SSSR count). The summed E-state index contributed by atoms with van der Waals surface area (Å²) in [4.78, 5) is 58.2. The fraction of sp³-hybridized carbons (Fsp3) is 0.294. The largest absolute Gasteiger partial charge is 0.484 e. The number of rotatable bonds is 6. The Balaban J connectivity index is 1.09. The first kappa shape index (κ1) is 27.4. The zero-order chi connectivity index (χ0) is 30.1. The van der Waals surface area contributed by atoms with Crippen molar-refractivity contribution in [3.8, 4) is 5.75 Å². The molecule has 2 N–H and O–H groups in total. The van der Waals surface area contributed by atoms with Gasteiger partial charge in [0.15, 0.2) is 6.61 Å². The molecular weight excluding hydrogens is 595 g/mol. The van der Waals surface area contributed by atoms with Crippen LogP contribution in [0.4, 0.5) is 11.4 Å². The molecule has 8 nitrogen and oxygen atoms in total. The van der Waals surface area contributed by atoms with E-state index < -0.39 is 0 Å². The van der Waals surface area contributed by atoms with Crippen molar-refractivity contribution >= 4 is 52.2 Å². The number of benzene rings is 3. The Morgan fingerprint density at radius 3 is 2.52 bits per heavy atom. The van der Waals surface area contributed by atoms with Crippen LogP contribution in [0.3, 0.4) is 0 Å². The highest BCUT2D eigenvalue weighted by atomic mass is 32.2. The maximum atomic E-state index is 13.9. The molecule has 0 spiro atoms. The number of fused-ring (bicyclic) bond motifs is 9. The first-order valence-electron chi connectivity index (χ1n) is 14.8. The number of carbonyl (C=O) groups excluding carboxylic acids is 3. The van der Waals surface area contributed by atoms with Crippen molar-refractivity contribution in [3.63, 3.8) is 0 Å². The Bertz CT molecular complexity index is 1870. The van der Waals surface area contributed by atoms with E-state index in [1.807, 2.05) is 85.8 Å². The topological polar surface area (TPSA) is 109 Å². The quantitative estimate of drug-likeness (QED) is 0.277. The molecule has 44 heavy (non-hydrogen) atoms. The molecule has 0 radical (unpaired) electrons. The standard InChI is InChI=1S/C34H29N3O5S2/c1-17-7-5-9-19(13-17)35-24(38)16-42-21-12-6-8-18(14-21)25-26-22-15-23(29(26)43-31-30(25)44-34(41)36-31)28-27(22)32(39)37(33(28)40)20-10-3-2-4-11-20/h2-14,22-23,25-29H,15-16H2,1H3,(H,35,38)(H,36,41)/t22?,23?,25-,26?,27?,28?,29?/m1/s1. The van der Waals surface area contributed by atoms with E-state index in [-0.39, 0.29) is 70.0 Å². The monoisotopic (exact) mass is 623 g/mol. The number of H-pyrrole nitrogens is 1. The zero-order valence-corrected chi connectivity index (χ0v) is 25.4. The Labute approximate surface area is 261 Å². The number of aromatic nitrogens is 1. The average molecular weight is 624 g/mol. The van der Waals surface area contributed by atoms with Crippen LogP contribution in [0.2, 0.25) is 0 Å². The molecular formula is C34H29N3O5S2. The van der Waals surface area contributed by atoms with Crippen molar-refractivity contribution in [2.45, 2.75) is 29.5 Å². The lowest BCUT2D eigenvalue weighted by molar-refractivity contribution is -0.123. The summed E-state index contributed by atoms with van der Waals surface area (Å²) in [6, 6.07) is 24.5. The minimum Gasteiger partial charge on any atom is -0.484 e. The van der Waals surface area contributed by atoms with Gasteiger partial charge in [-0.3, -0.25) is 24.1 Å². The fourth-order valence-electron chi connectivity index (χ4n) is 8.09. The number of hydrogen-bond acceptors (Lipinski definition) is 7. The molecule has 4 aromatic rings. The molecule has 2 aliphatic heterocycles. The average Bonchev–Trinajstić information content (AvgIpc) is 3.75. The lowest BCUT2D eigenvalue weighted by Crippen LogP contribution is -2.42. The van der Waals surface area contributed by atoms with Gasteiger partial charge in [-0.05, 0) is 78.6 Å². The lowest BCUT2D eigenvalue weighted by Gasteiger charge is -2.43. The normalized spacial score (nSPS) is 28.0. The maximum Gasteiger partial charge on any atom is 0.305 e. The molecule has 222 valence electrons. The second-order valence-corrected chi connectivity index (χ2v) is 14.3. The third kappa shape index (κ3) is 4.34. The number of nitrogens with one attached hydrogen (secondary N) is 2. The molecule has 2 aliphatic carbocycles. The molecule has 3 heterocycles. The van der Waals surface area contributed by atoms with Gasteiger partial charge in [0.05, 0.1) is 22.5 Å². The smallest absolute Gasteiger partial charge is 0.305 e. The third-order valence-electron chi connectivity index (χ3n) is 9.63. The third-order valence-corrected chi connectivity index (χ3v) is 12.2. The van der Waals surface area contributed by atoms with Crippen LogP contribution in [0.25, 0.3) is 0 Å². The number of thiazole rings is 1. The van der Waals surface area contributed by atoms with Gasteiger partial charge in [-0.25, -0.2) is 0 Å². The van der Waals surface area contributed by atoms with Gasteiger partial charge in [-0.1, -0.05) is 53.8 Å². The summed E-state index contributed by atoms with van der Waals surface area (Å²) >= 11 is 2.89. The molecule has 4 aliphatic rings. The number of ether oxygens (including phenoxy) is 1. The molecule has 1 aromatic heterocycles. The van der Waals surface area contributed by atoms with E-state index in [1.165, 1.54) is 16.2 Å². The lowest BCUT2D eigenvalue weighted by atomic mass is 9.68. The highest BCUT2D eigenvalue weighted by Gasteiger charge is 2.69. The minimum absolute atomic E-state index is 0.0210. The predicted molar refractivity (Wildman–Crippen MR) is 169 cm³/mol. The van der Waals surface area contributed by atoms with Gasteiger partial charge in [0.25, 0.3) is 5.91 Å². The molecule has 3 aromatic carbocycles. The highest BCUT2D eigenvalue weighted by Crippen LogP contribution is 2.68. The van der Waals surface area contributed by atoms with Gasteiger partial charge in [0.2, 0.25) is 11.8 Å². The van der Waals surface area contributed by atoms with Crippen molar-refractivity contribution in [1.29, 1.82) is 0 Å². The van der Waals surface area contributed by atoms with E-state index in [1.54, 1.807) is 11.8 Å². The van der Waals surface area contributed by atoms with Gasteiger partial charge in [-0.2, -0.15) is 0 Å². The van der Waals surface area contributed by atoms with Crippen LogP contribution < -0.4 is 19.8 Å². The first-order chi connectivity index (χ1) is 21.4. The molecule has 2 bridgehead atoms. The van der Waals surface area contributed by atoms with Gasteiger partial charge in [0.1, 0.15) is 5.75 Å². The number of amides is 3. The number of anilines is 2. The number of nitrogens with zero attached hydrogens (tertiary/aromatic N) is 1. The second kappa shape index (κ2) is 10.5. The Kier molecular flexibility index (Phi) is 6.53. The molecule has 2 saturated carbocycles. The van der Waals surface area contributed by atoms with Crippen LogP contribution in [0.1, 0.15) is 28.3 Å². The summed E-state index contributed by atoms with van der Waals surface area (Å²) < 4.78 is 5.94. The van der Waals surface area contributed by atoms with E-state index in [4.69, 9.17) is 4.74 Å². The number of aryl methyl sites for hydroxylation is 1. The van der Waals surface area contributed by atoms with Gasteiger partial charge < -0.3 is 15.0 Å². The van der Waals surface area contributed by atoms with E-state index in [0.717, 1.165) is 27.5 Å². The highest BCUT2D eigenvalue weighted by molar-refractivity contribution is 8.00. The zero-order valence-electron chi connectivity index (χ0n) is 23.8. The maximum absolute atomic E-state index is 13.9. The van der Waals surface area contributed by atoms with E-state index in [2.05, 4.69) is 10.3 Å². The van der Waals surface area contributed by atoms with Gasteiger partial charge in [0, 0.05) is 21.7 Å². The van der Waals surface area contributed by atoms with Gasteiger partial charge in [-0.15, -0.1) is 11.8 Å². The number of hydrogen-bond donors (Lipinski definition) is 2. The summed E-state index contributed by atoms with van der Waals surface area (Å²) in [6.07, 6.45) is 0.822. The summed E-state index contributed by atoms with van der Waals surface area (Å²) in [7, 11) is 0. The van der Waals surface area contributed by atoms with Crippen LogP contribution in [-0.4, -0.2) is 34.6 Å². The number of aromatic amines is 1. The van der Waals surface area contributed by atoms with Gasteiger partial charge >= 0.3 is 4.87 Å². The fourth-order valence-corrected chi connectivity index (χ4v) is 11.0. The van der Waals surface area contributed by atoms with Crippen molar-refractivity contribution in [2.75, 3.05) is 16.8 Å². The second-order valence-electron chi connectivity index (χ2n) is 12.1. The van der Waals surface area contributed by atoms with Crippen molar-refractivity contribution < 1.29 is 19.1 Å². The molecule has 1 saturated heterocycles. The Hall–Kier alpha value is -4.15. The van der Waals surface area contributed by atoms with Crippen LogP contribution in [-0.2, 0) is 14.4 Å². The summed E-state index contributed by atoms with van der Waals surface area (Å²) in [5.41, 5.74) is 3.38. The van der Waals surface area contributed by atoms with E-state index in [9.17, 15) is 19.2 Å². The number of imide groups is 1. The Morgan fingerprint density at radius 2 is 1.73 bits per heavy atom. The Morgan fingerprint density at radius 1 is 0.955 bits per heavy atom. The molecule has 6 unspecified atom stereocenters. The van der Waals surface area contributed by atoms with E-state index in [0.29, 0.717) is 17.1 Å². The van der Waals surface area contributed by atoms with Crippen LogP contribution in [0, 0.1) is 36.5 Å². The van der Waals surface area contributed by atoms with Crippen LogP contribution >= 0.6 is 23.1 Å². The van der Waals surface area contributed by atoms with Crippen molar-refractivity contribution in [3.05, 3.63) is 105 Å². The van der Waals surface area contributed by atoms with Crippen LogP contribution in [0.5, 0.6) is 5.75 Å². The molecule has 7 atom stereocenters. The van der Waals surface area contributed by atoms with Crippen LogP contribution in [0.15, 0.2) is 88.7 Å².